The molecule has 7 heteroatoms. The molecule has 0 radical (unpaired) electrons. The fourth-order valence-electron chi connectivity index (χ4n) is 2.71. The van der Waals surface area contributed by atoms with Crippen LogP contribution >= 0.6 is 23.2 Å². The Labute approximate surface area is 165 Å². The van der Waals surface area contributed by atoms with Gasteiger partial charge >= 0.3 is 11.6 Å². The zero-order valence-corrected chi connectivity index (χ0v) is 16.2. The van der Waals surface area contributed by atoms with Crippen LogP contribution in [0.15, 0.2) is 45.6 Å². The van der Waals surface area contributed by atoms with Gasteiger partial charge in [0, 0.05) is 16.5 Å². The molecule has 0 unspecified atom stereocenters. The molecule has 0 aliphatic rings. The smallest absolute Gasteiger partial charge is 0.340 e. The molecule has 1 heterocycles. The number of methoxy groups -OCH3 is 1. The minimum atomic E-state index is -0.589. The Kier molecular flexibility index (Phi) is 5.73. The maximum atomic E-state index is 12.3. The van der Waals surface area contributed by atoms with Gasteiger partial charge in [0.05, 0.1) is 24.1 Å². The molecule has 3 rings (SSSR count). The van der Waals surface area contributed by atoms with E-state index in [1.54, 1.807) is 31.2 Å². The van der Waals surface area contributed by atoms with Crippen LogP contribution in [0.4, 0.5) is 0 Å². The third-order valence-electron chi connectivity index (χ3n) is 4.17. The summed E-state index contributed by atoms with van der Waals surface area (Å²) in [5, 5.41) is 1.61. The van der Waals surface area contributed by atoms with Crippen molar-refractivity contribution >= 4 is 40.1 Å². The highest BCUT2D eigenvalue weighted by molar-refractivity contribution is 6.32. The van der Waals surface area contributed by atoms with E-state index in [2.05, 4.69) is 4.74 Å². The molecule has 0 aliphatic carbocycles. The highest BCUT2D eigenvalue weighted by Gasteiger charge is 2.17. The number of ether oxygens (including phenoxy) is 2. The first-order valence-electron chi connectivity index (χ1n) is 8.09. The van der Waals surface area contributed by atoms with Gasteiger partial charge in [-0.2, -0.15) is 0 Å². The molecular weight excluding hydrogens is 391 g/mol. The van der Waals surface area contributed by atoms with E-state index in [0.717, 1.165) is 5.56 Å². The normalized spacial score (nSPS) is 10.8. The van der Waals surface area contributed by atoms with Gasteiger partial charge in [0.2, 0.25) is 0 Å². The summed E-state index contributed by atoms with van der Waals surface area (Å²) in [6, 6.07) is 10.5. The lowest BCUT2D eigenvalue weighted by atomic mass is 10.0. The van der Waals surface area contributed by atoms with E-state index in [-0.39, 0.29) is 18.6 Å². The number of fused-ring (bicyclic) bond motifs is 1. The van der Waals surface area contributed by atoms with Crippen LogP contribution in [0, 0.1) is 6.92 Å². The lowest BCUT2D eigenvalue weighted by Gasteiger charge is -2.12. The number of hydrogen-bond acceptors (Lipinski definition) is 5. The number of aryl methyl sites for hydroxylation is 1. The molecule has 0 atom stereocenters. The van der Waals surface area contributed by atoms with Crippen molar-refractivity contribution < 1.29 is 18.7 Å². The highest BCUT2D eigenvalue weighted by Crippen LogP contribution is 2.32. The maximum Gasteiger partial charge on any atom is 0.340 e. The van der Waals surface area contributed by atoms with Crippen LogP contribution in [0.25, 0.3) is 11.0 Å². The molecule has 0 amide bonds. The topological polar surface area (TPSA) is 65.7 Å². The molecule has 0 aliphatic heterocycles. The average molecular weight is 407 g/mol. The van der Waals surface area contributed by atoms with Gasteiger partial charge in [-0.3, -0.25) is 4.79 Å². The second-order valence-corrected chi connectivity index (χ2v) is 6.79. The Balaban J connectivity index is 1.95. The summed E-state index contributed by atoms with van der Waals surface area (Å²) < 4.78 is 15.7. The Morgan fingerprint density at radius 1 is 1.19 bits per heavy atom. The van der Waals surface area contributed by atoms with E-state index in [0.29, 0.717) is 32.3 Å². The van der Waals surface area contributed by atoms with Crippen LogP contribution in [0.1, 0.15) is 16.7 Å². The molecule has 0 spiro atoms. The van der Waals surface area contributed by atoms with Gasteiger partial charge in [-0.15, -0.1) is 0 Å². The van der Waals surface area contributed by atoms with Gasteiger partial charge in [0.15, 0.2) is 0 Å². The van der Waals surface area contributed by atoms with Crippen LogP contribution in [0.5, 0.6) is 5.75 Å². The molecule has 0 bridgehead atoms. The summed E-state index contributed by atoms with van der Waals surface area (Å²) in [5.74, 6) is -0.135. The van der Waals surface area contributed by atoms with Gasteiger partial charge in [-0.25, -0.2) is 4.79 Å². The van der Waals surface area contributed by atoms with Crippen molar-refractivity contribution in [1.29, 1.82) is 0 Å². The van der Waals surface area contributed by atoms with E-state index < -0.39 is 11.6 Å². The lowest BCUT2D eigenvalue weighted by molar-refractivity contribution is -0.139. The fraction of sp³-hybridized carbons (Fsp3) is 0.200. The summed E-state index contributed by atoms with van der Waals surface area (Å²) in [6.45, 7) is 2.00. The molecule has 1 aromatic heterocycles. The fourth-order valence-corrected chi connectivity index (χ4v) is 3.14. The van der Waals surface area contributed by atoms with Gasteiger partial charge in [-0.05, 0) is 36.2 Å². The van der Waals surface area contributed by atoms with Crippen molar-refractivity contribution in [2.45, 2.75) is 20.0 Å². The molecule has 0 fully saturated rings. The molecule has 0 saturated heterocycles. The number of esters is 1. The summed E-state index contributed by atoms with van der Waals surface area (Å²) >= 11 is 12.3. The van der Waals surface area contributed by atoms with Crippen LogP contribution in [-0.4, -0.2) is 13.1 Å². The van der Waals surface area contributed by atoms with E-state index in [1.165, 1.54) is 7.11 Å². The summed E-state index contributed by atoms with van der Waals surface area (Å²) in [6.07, 6.45) is -0.161. The second-order valence-electron chi connectivity index (χ2n) is 5.94. The third kappa shape index (κ3) is 4.26. The molecule has 3 aromatic rings. The average Bonchev–Trinajstić information content (AvgIpc) is 2.64. The molecule has 27 heavy (non-hydrogen) atoms. The number of rotatable bonds is 5. The summed E-state index contributed by atoms with van der Waals surface area (Å²) in [4.78, 5) is 23.8. The highest BCUT2D eigenvalue weighted by atomic mass is 35.5. The van der Waals surface area contributed by atoms with Gasteiger partial charge in [0.1, 0.15) is 17.9 Å². The first-order valence-corrected chi connectivity index (χ1v) is 8.84. The van der Waals surface area contributed by atoms with E-state index >= 15 is 0 Å². The van der Waals surface area contributed by atoms with Crippen LogP contribution in [0.3, 0.4) is 0 Å². The van der Waals surface area contributed by atoms with Crippen molar-refractivity contribution in [1.82, 2.24) is 0 Å². The van der Waals surface area contributed by atoms with Crippen molar-refractivity contribution in [3.05, 3.63) is 73.6 Å². The largest absolute Gasteiger partial charge is 0.487 e. The standard InChI is InChI=1S/C20H16Cl2O5/c1-11-14-7-16(22)18(26-10-12-4-3-5-13(21)6-12)9-17(14)27-20(24)15(11)8-19(23)25-2/h3-7,9H,8,10H2,1-2H3. The minimum absolute atomic E-state index is 0.161. The first kappa shape index (κ1) is 19.3. The molecular formula is C20H16Cl2O5. The monoisotopic (exact) mass is 406 g/mol. The SMILES string of the molecule is COC(=O)Cc1c(C)c2cc(Cl)c(OCc3cccc(Cl)c3)cc2oc1=O. The predicted octanol–water partition coefficient (Wildman–Crippen LogP) is 4.70. The quantitative estimate of drug-likeness (QED) is 0.453. The number of hydrogen-bond donors (Lipinski definition) is 0. The maximum absolute atomic E-state index is 12.3. The van der Waals surface area contributed by atoms with Gasteiger partial charge in [-0.1, -0.05) is 35.3 Å². The number of carbonyl (C=O) groups is 1. The van der Waals surface area contributed by atoms with Crippen molar-refractivity contribution in [2.24, 2.45) is 0 Å². The lowest BCUT2D eigenvalue weighted by Crippen LogP contribution is -2.16. The van der Waals surface area contributed by atoms with Crippen LogP contribution in [0.2, 0.25) is 10.0 Å². The molecule has 0 saturated carbocycles. The minimum Gasteiger partial charge on any atom is -0.487 e. The Bertz CT molecular complexity index is 1070. The first-order chi connectivity index (χ1) is 12.9. The van der Waals surface area contributed by atoms with E-state index in [9.17, 15) is 9.59 Å². The predicted molar refractivity (Wildman–Crippen MR) is 104 cm³/mol. The molecule has 5 nitrogen and oxygen atoms in total. The Morgan fingerprint density at radius 2 is 1.96 bits per heavy atom. The zero-order chi connectivity index (χ0) is 19.6. The second kappa shape index (κ2) is 8.03. The molecule has 140 valence electrons. The molecule has 0 N–H and O–H groups in total. The summed E-state index contributed by atoms with van der Waals surface area (Å²) in [7, 11) is 1.26. The molecule has 2 aromatic carbocycles. The Hall–Kier alpha value is -2.50. The van der Waals surface area contributed by atoms with Crippen LogP contribution in [-0.2, 0) is 22.6 Å². The van der Waals surface area contributed by atoms with Gasteiger partial charge in [0.25, 0.3) is 0 Å². The number of carbonyl (C=O) groups excluding carboxylic acids is 1. The summed E-state index contributed by atoms with van der Waals surface area (Å²) in [5.41, 5.74) is 1.49. The zero-order valence-electron chi connectivity index (χ0n) is 14.7. The van der Waals surface area contributed by atoms with E-state index in [4.69, 9.17) is 32.4 Å². The van der Waals surface area contributed by atoms with Crippen molar-refractivity contribution in [3.8, 4) is 5.75 Å². The number of halogens is 2. The Morgan fingerprint density at radius 3 is 2.67 bits per heavy atom. The van der Waals surface area contributed by atoms with Crippen LogP contribution < -0.4 is 10.4 Å². The van der Waals surface area contributed by atoms with Gasteiger partial charge < -0.3 is 13.9 Å². The van der Waals surface area contributed by atoms with Crippen molar-refractivity contribution in [2.75, 3.05) is 7.11 Å². The number of benzene rings is 2. The van der Waals surface area contributed by atoms with Crippen molar-refractivity contribution in [3.63, 3.8) is 0 Å². The van der Waals surface area contributed by atoms with E-state index in [1.807, 2.05) is 12.1 Å². The third-order valence-corrected chi connectivity index (χ3v) is 4.70.